The summed E-state index contributed by atoms with van der Waals surface area (Å²) in [4.78, 5) is 0.377. The summed E-state index contributed by atoms with van der Waals surface area (Å²) in [7, 11) is -1.73. The van der Waals surface area contributed by atoms with Crippen molar-refractivity contribution in [3.05, 3.63) is 42.5 Å². The van der Waals surface area contributed by atoms with Gasteiger partial charge >= 0.3 is 0 Å². The van der Waals surface area contributed by atoms with Crippen molar-refractivity contribution in [2.45, 2.75) is 23.8 Å². The van der Waals surface area contributed by atoms with Gasteiger partial charge in [-0.05, 0) is 48.8 Å². The maximum Gasteiger partial charge on any atom is 0.243 e. The van der Waals surface area contributed by atoms with Crippen LogP contribution in [0.3, 0.4) is 0 Å². The molecule has 4 nitrogen and oxygen atoms in total. The zero-order valence-electron chi connectivity index (χ0n) is 12.1. The van der Waals surface area contributed by atoms with E-state index in [0.29, 0.717) is 4.90 Å². The Hall–Kier alpha value is -1.43. The standard InChI is InChI=1S/C16H20N2O2S/c1-18(15-8-10-17-11-9-15)21(19,20)16-7-6-13-4-2-3-5-14(13)12-16/h2-7,12,15,17H,8-11H2,1H3. The summed E-state index contributed by atoms with van der Waals surface area (Å²) < 4.78 is 27.1. The number of sulfonamides is 1. The molecule has 0 aliphatic carbocycles. The van der Waals surface area contributed by atoms with E-state index in [1.54, 1.807) is 19.2 Å². The number of hydrogen-bond donors (Lipinski definition) is 1. The molecular weight excluding hydrogens is 284 g/mol. The largest absolute Gasteiger partial charge is 0.317 e. The van der Waals surface area contributed by atoms with Crippen LogP contribution in [0.15, 0.2) is 47.4 Å². The van der Waals surface area contributed by atoms with Gasteiger partial charge in [-0.3, -0.25) is 0 Å². The highest BCUT2D eigenvalue weighted by molar-refractivity contribution is 7.89. The molecule has 0 aromatic heterocycles. The third kappa shape index (κ3) is 2.81. The van der Waals surface area contributed by atoms with Gasteiger partial charge in [-0.2, -0.15) is 4.31 Å². The SMILES string of the molecule is CN(C1CCNCC1)S(=O)(=O)c1ccc2ccccc2c1. The average molecular weight is 304 g/mol. The lowest BCUT2D eigenvalue weighted by atomic mass is 10.1. The van der Waals surface area contributed by atoms with Gasteiger partial charge in [0.1, 0.15) is 0 Å². The molecule has 112 valence electrons. The minimum atomic E-state index is -3.42. The van der Waals surface area contributed by atoms with E-state index < -0.39 is 10.0 Å². The third-order valence-electron chi connectivity index (χ3n) is 4.22. The van der Waals surface area contributed by atoms with Gasteiger partial charge in [0.15, 0.2) is 0 Å². The molecule has 1 saturated heterocycles. The van der Waals surface area contributed by atoms with Crippen molar-refractivity contribution in [1.29, 1.82) is 0 Å². The Kier molecular flexibility index (Phi) is 3.97. The number of benzene rings is 2. The van der Waals surface area contributed by atoms with Crippen molar-refractivity contribution < 1.29 is 8.42 Å². The van der Waals surface area contributed by atoms with Crippen LogP contribution in [-0.2, 0) is 10.0 Å². The zero-order valence-corrected chi connectivity index (χ0v) is 12.9. The minimum Gasteiger partial charge on any atom is -0.317 e. The van der Waals surface area contributed by atoms with Crippen LogP contribution in [0.5, 0.6) is 0 Å². The maximum atomic E-state index is 12.8. The zero-order chi connectivity index (χ0) is 14.9. The molecule has 1 aliphatic heterocycles. The van der Waals surface area contributed by atoms with Gasteiger partial charge in [0, 0.05) is 13.1 Å². The number of nitrogens with zero attached hydrogens (tertiary/aromatic N) is 1. The van der Waals surface area contributed by atoms with E-state index >= 15 is 0 Å². The number of hydrogen-bond acceptors (Lipinski definition) is 3. The fourth-order valence-electron chi connectivity index (χ4n) is 2.86. The van der Waals surface area contributed by atoms with Crippen LogP contribution in [-0.4, -0.2) is 38.9 Å². The lowest BCUT2D eigenvalue weighted by molar-refractivity contribution is 0.296. The van der Waals surface area contributed by atoms with Crippen molar-refractivity contribution in [1.82, 2.24) is 9.62 Å². The Morgan fingerprint density at radius 2 is 1.71 bits per heavy atom. The number of rotatable bonds is 3. The smallest absolute Gasteiger partial charge is 0.243 e. The van der Waals surface area contributed by atoms with E-state index in [4.69, 9.17) is 0 Å². The summed E-state index contributed by atoms with van der Waals surface area (Å²) in [5.41, 5.74) is 0. The Labute approximate surface area is 125 Å². The molecule has 0 saturated carbocycles. The maximum absolute atomic E-state index is 12.8. The summed E-state index contributed by atoms with van der Waals surface area (Å²) in [6, 6.07) is 13.2. The third-order valence-corrected chi connectivity index (χ3v) is 6.13. The number of fused-ring (bicyclic) bond motifs is 1. The molecule has 0 radical (unpaired) electrons. The molecule has 0 amide bonds. The summed E-state index contributed by atoms with van der Waals surface area (Å²) in [5.74, 6) is 0. The first kappa shape index (κ1) is 14.5. The average Bonchev–Trinajstić information content (AvgIpc) is 2.54. The molecule has 1 fully saturated rings. The number of piperidine rings is 1. The molecule has 0 bridgehead atoms. The van der Waals surface area contributed by atoms with Gasteiger partial charge in [-0.15, -0.1) is 0 Å². The summed E-state index contributed by atoms with van der Waals surface area (Å²) in [6.45, 7) is 1.75. The first-order chi connectivity index (χ1) is 10.1. The predicted octanol–water partition coefficient (Wildman–Crippen LogP) is 2.21. The topological polar surface area (TPSA) is 49.4 Å². The van der Waals surface area contributed by atoms with Crippen molar-refractivity contribution in [2.24, 2.45) is 0 Å². The van der Waals surface area contributed by atoms with Crippen molar-refractivity contribution in [3.8, 4) is 0 Å². The van der Waals surface area contributed by atoms with Crippen LogP contribution >= 0.6 is 0 Å². The van der Waals surface area contributed by atoms with Gasteiger partial charge in [0.05, 0.1) is 4.90 Å². The second-order valence-electron chi connectivity index (χ2n) is 5.51. The van der Waals surface area contributed by atoms with Crippen molar-refractivity contribution in [3.63, 3.8) is 0 Å². The van der Waals surface area contributed by atoms with Crippen LogP contribution in [0.4, 0.5) is 0 Å². The van der Waals surface area contributed by atoms with Crippen LogP contribution in [0.1, 0.15) is 12.8 Å². The first-order valence-corrected chi connectivity index (χ1v) is 8.70. The minimum absolute atomic E-state index is 0.0859. The Bertz CT molecular complexity index is 737. The van der Waals surface area contributed by atoms with E-state index in [1.165, 1.54) is 4.31 Å². The molecule has 1 N–H and O–H groups in total. The summed E-state index contributed by atoms with van der Waals surface area (Å²) in [5, 5.41) is 5.28. The summed E-state index contributed by atoms with van der Waals surface area (Å²) >= 11 is 0. The second kappa shape index (κ2) is 5.75. The Morgan fingerprint density at radius 1 is 1.05 bits per heavy atom. The van der Waals surface area contributed by atoms with Gasteiger partial charge < -0.3 is 5.32 Å². The van der Waals surface area contributed by atoms with E-state index in [1.807, 2.05) is 30.3 Å². The fourth-order valence-corrected chi connectivity index (χ4v) is 4.31. The molecule has 21 heavy (non-hydrogen) atoms. The van der Waals surface area contributed by atoms with E-state index in [2.05, 4.69) is 5.32 Å². The molecule has 2 aromatic carbocycles. The van der Waals surface area contributed by atoms with Crippen molar-refractivity contribution >= 4 is 20.8 Å². The molecule has 2 aromatic rings. The van der Waals surface area contributed by atoms with Crippen LogP contribution < -0.4 is 5.32 Å². The predicted molar refractivity (Wildman–Crippen MR) is 84.8 cm³/mol. The molecular formula is C16H20N2O2S. The molecule has 0 atom stereocenters. The molecule has 3 rings (SSSR count). The summed E-state index contributed by atoms with van der Waals surface area (Å²) in [6.07, 6.45) is 1.73. The Balaban J connectivity index is 1.95. The van der Waals surface area contributed by atoms with Crippen LogP contribution in [0.2, 0.25) is 0 Å². The van der Waals surface area contributed by atoms with Crippen molar-refractivity contribution in [2.75, 3.05) is 20.1 Å². The molecule has 0 spiro atoms. The quantitative estimate of drug-likeness (QED) is 0.946. The van der Waals surface area contributed by atoms with Crippen LogP contribution in [0.25, 0.3) is 10.8 Å². The highest BCUT2D eigenvalue weighted by atomic mass is 32.2. The van der Waals surface area contributed by atoms with Gasteiger partial charge in [-0.25, -0.2) is 8.42 Å². The normalized spacial score (nSPS) is 17.4. The molecule has 1 heterocycles. The molecule has 5 heteroatoms. The van der Waals surface area contributed by atoms with E-state index in [-0.39, 0.29) is 6.04 Å². The highest BCUT2D eigenvalue weighted by Crippen LogP contribution is 2.24. The Morgan fingerprint density at radius 3 is 2.43 bits per heavy atom. The fraction of sp³-hybridized carbons (Fsp3) is 0.375. The van der Waals surface area contributed by atoms with Gasteiger partial charge in [0.2, 0.25) is 10.0 Å². The number of nitrogens with one attached hydrogen (secondary N) is 1. The van der Waals surface area contributed by atoms with Gasteiger partial charge in [-0.1, -0.05) is 30.3 Å². The van der Waals surface area contributed by atoms with E-state index in [9.17, 15) is 8.42 Å². The van der Waals surface area contributed by atoms with Crippen LogP contribution in [0, 0.1) is 0 Å². The van der Waals surface area contributed by atoms with E-state index in [0.717, 1.165) is 36.7 Å². The monoisotopic (exact) mass is 304 g/mol. The molecule has 1 aliphatic rings. The highest BCUT2D eigenvalue weighted by Gasteiger charge is 2.28. The molecule has 0 unspecified atom stereocenters. The first-order valence-electron chi connectivity index (χ1n) is 7.26. The lowest BCUT2D eigenvalue weighted by Gasteiger charge is -2.30. The second-order valence-corrected chi connectivity index (χ2v) is 7.51. The van der Waals surface area contributed by atoms with Gasteiger partial charge in [0.25, 0.3) is 0 Å². The lowest BCUT2D eigenvalue weighted by Crippen LogP contribution is -2.43.